The average Bonchev–Trinajstić information content (AvgIpc) is 2.76. The first-order chi connectivity index (χ1) is 8.86. The van der Waals surface area contributed by atoms with Crippen molar-refractivity contribution in [2.45, 2.75) is 36.8 Å². The summed E-state index contributed by atoms with van der Waals surface area (Å²) in [6.07, 6.45) is 0. The first-order valence-electron chi connectivity index (χ1n) is 5.87. The van der Waals surface area contributed by atoms with E-state index in [0.717, 1.165) is 4.90 Å². The predicted molar refractivity (Wildman–Crippen MR) is 78.4 cm³/mol. The fraction of sp³-hybridized carbons (Fsp3) is 0.385. The Morgan fingerprint density at radius 2 is 2.05 bits per heavy atom. The standard InChI is InChI=1S/C13H16ClN3OS/c1-13(2,3)12-17-16-11(18-12)7-19-10-5-4-8(14)6-9(10)15/h4-6H,7,15H2,1-3H3. The molecule has 0 aliphatic heterocycles. The lowest BCUT2D eigenvalue weighted by Crippen LogP contribution is -2.11. The van der Waals surface area contributed by atoms with Crippen LogP contribution in [0.1, 0.15) is 32.6 Å². The highest BCUT2D eigenvalue weighted by Crippen LogP contribution is 2.30. The molecule has 0 aliphatic carbocycles. The van der Waals surface area contributed by atoms with E-state index in [2.05, 4.69) is 10.2 Å². The number of aromatic nitrogens is 2. The summed E-state index contributed by atoms with van der Waals surface area (Å²) in [5.74, 6) is 1.84. The van der Waals surface area contributed by atoms with Crippen LogP contribution >= 0.6 is 23.4 Å². The maximum atomic E-state index is 5.89. The molecule has 0 atom stereocenters. The molecule has 2 N–H and O–H groups in total. The fourth-order valence-electron chi connectivity index (χ4n) is 1.41. The van der Waals surface area contributed by atoms with Crippen molar-refractivity contribution in [1.82, 2.24) is 10.2 Å². The Labute approximate surface area is 121 Å². The molecule has 1 aromatic carbocycles. The largest absolute Gasteiger partial charge is 0.424 e. The SMILES string of the molecule is CC(C)(C)c1nnc(CSc2ccc(Cl)cc2N)o1. The summed E-state index contributed by atoms with van der Waals surface area (Å²) < 4.78 is 5.62. The van der Waals surface area contributed by atoms with Crippen molar-refractivity contribution in [1.29, 1.82) is 0 Å². The highest BCUT2D eigenvalue weighted by molar-refractivity contribution is 7.98. The van der Waals surface area contributed by atoms with Gasteiger partial charge in [0, 0.05) is 21.0 Å². The highest BCUT2D eigenvalue weighted by Gasteiger charge is 2.21. The Bertz CT molecular complexity index is 578. The van der Waals surface area contributed by atoms with E-state index in [0.29, 0.717) is 28.2 Å². The zero-order valence-corrected chi connectivity index (χ0v) is 12.7. The molecular weight excluding hydrogens is 282 g/mol. The zero-order chi connectivity index (χ0) is 14.0. The van der Waals surface area contributed by atoms with E-state index >= 15 is 0 Å². The first-order valence-corrected chi connectivity index (χ1v) is 7.23. The number of nitrogens with zero attached hydrogens (tertiary/aromatic N) is 2. The Hall–Kier alpha value is -1.20. The number of nitrogen functional groups attached to an aromatic ring is 1. The lowest BCUT2D eigenvalue weighted by Gasteiger charge is -2.11. The number of rotatable bonds is 3. The summed E-state index contributed by atoms with van der Waals surface area (Å²) in [6.45, 7) is 6.11. The van der Waals surface area contributed by atoms with Crippen LogP contribution in [0, 0.1) is 0 Å². The Morgan fingerprint density at radius 1 is 1.32 bits per heavy atom. The second-order valence-electron chi connectivity index (χ2n) is 5.22. The van der Waals surface area contributed by atoms with Gasteiger partial charge in [0.25, 0.3) is 0 Å². The second-order valence-corrected chi connectivity index (χ2v) is 6.68. The quantitative estimate of drug-likeness (QED) is 0.687. The maximum Gasteiger partial charge on any atom is 0.226 e. The highest BCUT2D eigenvalue weighted by atomic mass is 35.5. The van der Waals surface area contributed by atoms with Crippen LogP contribution < -0.4 is 5.73 Å². The third-order valence-corrected chi connectivity index (χ3v) is 3.74. The molecule has 19 heavy (non-hydrogen) atoms. The fourth-order valence-corrected chi connectivity index (χ4v) is 2.37. The van der Waals surface area contributed by atoms with Gasteiger partial charge in [0.15, 0.2) is 0 Å². The van der Waals surface area contributed by atoms with Crippen LogP contribution in [-0.2, 0) is 11.2 Å². The molecule has 0 spiro atoms. The molecule has 4 nitrogen and oxygen atoms in total. The van der Waals surface area contributed by atoms with Crippen LogP contribution in [0.15, 0.2) is 27.5 Å². The van der Waals surface area contributed by atoms with Gasteiger partial charge in [-0.1, -0.05) is 32.4 Å². The monoisotopic (exact) mass is 297 g/mol. The van der Waals surface area contributed by atoms with Crippen LogP contribution in [0.25, 0.3) is 0 Å². The molecule has 0 radical (unpaired) electrons. The first kappa shape index (κ1) is 14.2. The average molecular weight is 298 g/mol. The van der Waals surface area contributed by atoms with Crippen molar-refractivity contribution in [3.63, 3.8) is 0 Å². The van der Waals surface area contributed by atoms with Gasteiger partial charge in [0.1, 0.15) is 0 Å². The molecule has 0 unspecified atom stereocenters. The summed E-state index contributed by atoms with van der Waals surface area (Å²) >= 11 is 7.41. The molecule has 2 rings (SSSR count). The topological polar surface area (TPSA) is 64.9 Å². The van der Waals surface area contributed by atoms with Crippen LogP contribution in [0.3, 0.4) is 0 Å². The van der Waals surface area contributed by atoms with Gasteiger partial charge in [0.2, 0.25) is 11.8 Å². The zero-order valence-electron chi connectivity index (χ0n) is 11.1. The van der Waals surface area contributed by atoms with E-state index in [4.69, 9.17) is 21.8 Å². The second kappa shape index (κ2) is 5.43. The Kier molecular flexibility index (Phi) is 4.06. The molecule has 0 amide bonds. The van der Waals surface area contributed by atoms with Crippen LogP contribution in [-0.4, -0.2) is 10.2 Å². The maximum absolute atomic E-state index is 5.89. The van der Waals surface area contributed by atoms with Crippen molar-refractivity contribution in [3.8, 4) is 0 Å². The van der Waals surface area contributed by atoms with E-state index in [-0.39, 0.29) is 5.41 Å². The van der Waals surface area contributed by atoms with Crippen molar-refractivity contribution in [2.24, 2.45) is 0 Å². The van der Waals surface area contributed by atoms with Gasteiger partial charge in [-0.2, -0.15) is 0 Å². The predicted octanol–water partition coefficient (Wildman–Crippen LogP) is 3.90. The number of hydrogen-bond acceptors (Lipinski definition) is 5. The van der Waals surface area contributed by atoms with Gasteiger partial charge in [-0.15, -0.1) is 22.0 Å². The number of hydrogen-bond donors (Lipinski definition) is 1. The molecule has 102 valence electrons. The smallest absolute Gasteiger partial charge is 0.226 e. The minimum atomic E-state index is -0.130. The van der Waals surface area contributed by atoms with Gasteiger partial charge in [0.05, 0.1) is 5.75 Å². The summed E-state index contributed by atoms with van der Waals surface area (Å²) in [5.41, 5.74) is 6.42. The number of thioether (sulfide) groups is 1. The van der Waals surface area contributed by atoms with E-state index < -0.39 is 0 Å². The lowest BCUT2D eigenvalue weighted by atomic mass is 9.97. The Morgan fingerprint density at radius 3 is 2.63 bits per heavy atom. The summed E-state index contributed by atoms with van der Waals surface area (Å²) in [6, 6.07) is 5.44. The third kappa shape index (κ3) is 3.64. The molecule has 0 bridgehead atoms. The van der Waals surface area contributed by atoms with Gasteiger partial charge in [-0.3, -0.25) is 0 Å². The van der Waals surface area contributed by atoms with E-state index in [1.165, 1.54) is 0 Å². The van der Waals surface area contributed by atoms with Crippen molar-refractivity contribution >= 4 is 29.1 Å². The summed E-state index contributed by atoms with van der Waals surface area (Å²) in [4.78, 5) is 0.958. The van der Waals surface area contributed by atoms with Gasteiger partial charge in [-0.25, -0.2) is 0 Å². The normalized spacial score (nSPS) is 11.8. The molecule has 6 heteroatoms. The van der Waals surface area contributed by atoms with E-state index in [1.807, 2.05) is 32.9 Å². The van der Waals surface area contributed by atoms with E-state index in [9.17, 15) is 0 Å². The molecule has 1 aromatic heterocycles. The minimum absolute atomic E-state index is 0.130. The number of nitrogens with two attached hydrogens (primary N) is 1. The van der Waals surface area contributed by atoms with Gasteiger partial charge in [-0.05, 0) is 18.2 Å². The third-order valence-electron chi connectivity index (χ3n) is 2.43. The molecule has 1 heterocycles. The summed E-state index contributed by atoms with van der Waals surface area (Å²) in [5, 5.41) is 8.73. The van der Waals surface area contributed by atoms with Crippen LogP contribution in [0.5, 0.6) is 0 Å². The molecule has 0 aliphatic rings. The van der Waals surface area contributed by atoms with Crippen LogP contribution in [0.4, 0.5) is 5.69 Å². The molecule has 0 saturated carbocycles. The molecule has 2 aromatic rings. The van der Waals surface area contributed by atoms with Gasteiger partial charge >= 0.3 is 0 Å². The Balaban J connectivity index is 2.04. The van der Waals surface area contributed by atoms with E-state index in [1.54, 1.807) is 17.8 Å². The molecule has 0 fully saturated rings. The van der Waals surface area contributed by atoms with Gasteiger partial charge < -0.3 is 10.2 Å². The van der Waals surface area contributed by atoms with Crippen molar-refractivity contribution in [3.05, 3.63) is 35.0 Å². The number of benzene rings is 1. The van der Waals surface area contributed by atoms with Crippen LogP contribution in [0.2, 0.25) is 5.02 Å². The molecule has 0 saturated heterocycles. The molecular formula is C13H16ClN3OS. The summed E-state index contributed by atoms with van der Waals surface area (Å²) in [7, 11) is 0. The van der Waals surface area contributed by atoms with Crippen molar-refractivity contribution in [2.75, 3.05) is 5.73 Å². The number of halogens is 1. The number of anilines is 1. The van der Waals surface area contributed by atoms with Crippen molar-refractivity contribution < 1.29 is 4.42 Å². The minimum Gasteiger partial charge on any atom is -0.424 e. The lowest BCUT2D eigenvalue weighted by molar-refractivity contribution is 0.378.